The molecule has 1 unspecified atom stereocenters. The van der Waals surface area contributed by atoms with E-state index in [1.807, 2.05) is 0 Å². The molecule has 1 saturated heterocycles. The van der Waals surface area contributed by atoms with Crippen LogP contribution in [0.25, 0.3) is 0 Å². The smallest absolute Gasteiger partial charge is 0.220 e. The van der Waals surface area contributed by atoms with Gasteiger partial charge in [0.25, 0.3) is 0 Å². The molecule has 1 heterocycles. The lowest BCUT2D eigenvalue weighted by atomic mass is 10.1. The maximum atomic E-state index is 11.5. The van der Waals surface area contributed by atoms with E-state index >= 15 is 0 Å². The Kier molecular flexibility index (Phi) is 2.28. The molecule has 1 aliphatic heterocycles. The molecule has 1 amide bonds. The van der Waals surface area contributed by atoms with Gasteiger partial charge in [-0.3, -0.25) is 4.79 Å². The third-order valence-corrected chi connectivity index (χ3v) is 3.12. The molecule has 2 N–H and O–H groups in total. The van der Waals surface area contributed by atoms with Crippen molar-refractivity contribution in [2.45, 2.75) is 38.6 Å². The Morgan fingerprint density at radius 1 is 1.62 bits per heavy atom. The van der Waals surface area contributed by atoms with Gasteiger partial charge in [-0.25, -0.2) is 0 Å². The molecule has 2 aliphatic rings. The van der Waals surface area contributed by atoms with Crippen molar-refractivity contribution in [3.8, 4) is 0 Å². The molecule has 0 aromatic rings. The van der Waals surface area contributed by atoms with Gasteiger partial charge in [0.05, 0.1) is 0 Å². The molecule has 1 atom stereocenters. The van der Waals surface area contributed by atoms with Gasteiger partial charge in [0.1, 0.15) is 0 Å². The lowest BCUT2D eigenvalue weighted by Gasteiger charge is -2.13. The first-order chi connectivity index (χ1) is 6.18. The summed E-state index contributed by atoms with van der Waals surface area (Å²) in [5, 5.41) is 6.32. The lowest BCUT2D eigenvalue weighted by Crippen LogP contribution is -2.37. The first-order valence-corrected chi connectivity index (χ1v) is 5.18. The highest BCUT2D eigenvalue weighted by molar-refractivity contribution is 5.77. The summed E-state index contributed by atoms with van der Waals surface area (Å²) in [6, 6.07) is 0.384. The zero-order valence-electron chi connectivity index (χ0n) is 8.23. The zero-order valence-corrected chi connectivity index (χ0v) is 8.23. The summed E-state index contributed by atoms with van der Waals surface area (Å²) in [7, 11) is 0. The van der Waals surface area contributed by atoms with E-state index in [4.69, 9.17) is 0 Å². The highest BCUT2D eigenvalue weighted by atomic mass is 16.1. The summed E-state index contributed by atoms with van der Waals surface area (Å²) < 4.78 is 0. The Balaban J connectivity index is 1.71. The van der Waals surface area contributed by atoms with Crippen LogP contribution in [0.4, 0.5) is 0 Å². The van der Waals surface area contributed by atoms with Crippen LogP contribution >= 0.6 is 0 Å². The second-order valence-electron chi connectivity index (χ2n) is 4.74. The van der Waals surface area contributed by atoms with Crippen molar-refractivity contribution < 1.29 is 4.79 Å². The summed E-state index contributed by atoms with van der Waals surface area (Å²) >= 11 is 0. The van der Waals surface area contributed by atoms with E-state index < -0.39 is 0 Å². The highest BCUT2D eigenvalue weighted by Gasteiger charge is 2.39. The van der Waals surface area contributed by atoms with Gasteiger partial charge >= 0.3 is 0 Å². The largest absolute Gasteiger partial charge is 0.352 e. The van der Waals surface area contributed by atoms with Crippen molar-refractivity contribution >= 4 is 5.91 Å². The fourth-order valence-electron chi connectivity index (χ4n) is 1.83. The maximum Gasteiger partial charge on any atom is 0.220 e. The summed E-state index contributed by atoms with van der Waals surface area (Å²) in [6.07, 6.45) is 4.26. The van der Waals surface area contributed by atoms with E-state index in [1.54, 1.807) is 0 Å². The van der Waals surface area contributed by atoms with Crippen LogP contribution in [-0.2, 0) is 4.79 Å². The maximum absolute atomic E-state index is 11.5. The Morgan fingerprint density at radius 2 is 2.38 bits per heavy atom. The van der Waals surface area contributed by atoms with Gasteiger partial charge in [0.15, 0.2) is 0 Å². The zero-order chi connectivity index (χ0) is 9.31. The van der Waals surface area contributed by atoms with Crippen LogP contribution in [0.1, 0.15) is 32.6 Å². The minimum atomic E-state index is 0.244. The molecule has 3 nitrogen and oxygen atoms in total. The Hall–Kier alpha value is -0.570. The summed E-state index contributed by atoms with van der Waals surface area (Å²) in [4.78, 5) is 11.5. The molecule has 0 bridgehead atoms. The van der Waals surface area contributed by atoms with Gasteiger partial charge in [-0.05, 0) is 31.2 Å². The molecule has 1 aliphatic carbocycles. The van der Waals surface area contributed by atoms with Crippen LogP contribution in [0.5, 0.6) is 0 Å². The van der Waals surface area contributed by atoms with Crippen LogP contribution in [-0.4, -0.2) is 25.0 Å². The third kappa shape index (κ3) is 2.44. The standard InChI is InChI=1S/C10H18N2O/c1-10(3-4-10)6-9(13)12-8-2-5-11-7-8/h8,11H,2-7H2,1H3,(H,12,13). The van der Waals surface area contributed by atoms with Crippen molar-refractivity contribution in [1.82, 2.24) is 10.6 Å². The van der Waals surface area contributed by atoms with Crippen molar-refractivity contribution in [2.75, 3.05) is 13.1 Å². The topological polar surface area (TPSA) is 41.1 Å². The molecule has 1 saturated carbocycles. The average Bonchev–Trinajstić information content (AvgIpc) is 2.61. The monoisotopic (exact) mass is 182 g/mol. The molecule has 3 heteroatoms. The minimum absolute atomic E-state index is 0.244. The Labute approximate surface area is 79.3 Å². The summed E-state index contributed by atoms with van der Waals surface area (Å²) in [5.74, 6) is 0.244. The van der Waals surface area contributed by atoms with Gasteiger partial charge in [0, 0.05) is 19.0 Å². The molecule has 2 fully saturated rings. The molecular weight excluding hydrogens is 164 g/mol. The normalized spacial score (nSPS) is 30.1. The van der Waals surface area contributed by atoms with E-state index in [0.29, 0.717) is 11.5 Å². The van der Waals surface area contributed by atoms with Crippen LogP contribution in [0.15, 0.2) is 0 Å². The van der Waals surface area contributed by atoms with E-state index in [1.165, 1.54) is 12.8 Å². The van der Waals surface area contributed by atoms with Crippen LogP contribution in [0.3, 0.4) is 0 Å². The number of carbonyl (C=O) groups excluding carboxylic acids is 1. The molecule has 0 spiro atoms. The van der Waals surface area contributed by atoms with Crippen LogP contribution in [0.2, 0.25) is 0 Å². The van der Waals surface area contributed by atoms with Gasteiger partial charge in [-0.15, -0.1) is 0 Å². The Bertz CT molecular complexity index is 205. The van der Waals surface area contributed by atoms with Gasteiger partial charge in [0.2, 0.25) is 5.91 Å². The van der Waals surface area contributed by atoms with E-state index in [2.05, 4.69) is 17.6 Å². The predicted molar refractivity (Wildman–Crippen MR) is 51.4 cm³/mol. The number of hydrogen-bond acceptors (Lipinski definition) is 2. The molecule has 74 valence electrons. The fourth-order valence-corrected chi connectivity index (χ4v) is 1.83. The minimum Gasteiger partial charge on any atom is -0.352 e. The first-order valence-electron chi connectivity index (χ1n) is 5.18. The Morgan fingerprint density at radius 3 is 2.92 bits per heavy atom. The van der Waals surface area contributed by atoms with Gasteiger partial charge < -0.3 is 10.6 Å². The molecule has 13 heavy (non-hydrogen) atoms. The quantitative estimate of drug-likeness (QED) is 0.673. The number of nitrogens with one attached hydrogen (secondary N) is 2. The summed E-state index contributed by atoms with van der Waals surface area (Å²) in [5.41, 5.74) is 0.343. The predicted octanol–water partition coefficient (Wildman–Crippen LogP) is 0.655. The highest BCUT2D eigenvalue weighted by Crippen LogP contribution is 2.47. The molecule has 0 aromatic heterocycles. The summed E-state index contributed by atoms with van der Waals surface area (Å²) in [6.45, 7) is 4.18. The van der Waals surface area contributed by atoms with Crippen molar-refractivity contribution in [3.63, 3.8) is 0 Å². The van der Waals surface area contributed by atoms with E-state index in [-0.39, 0.29) is 5.91 Å². The number of hydrogen-bond donors (Lipinski definition) is 2. The fraction of sp³-hybridized carbons (Fsp3) is 0.900. The second kappa shape index (κ2) is 3.29. The molecular formula is C10H18N2O. The van der Waals surface area contributed by atoms with Crippen molar-refractivity contribution in [3.05, 3.63) is 0 Å². The van der Waals surface area contributed by atoms with Crippen LogP contribution < -0.4 is 10.6 Å². The van der Waals surface area contributed by atoms with E-state index in [0.717, 1.165) is 25.9 Å². The van der Waals surface area contributed by atoms with E-state index in [9.17, 15) is 4.79 Å². The van der Waals surface area contributed by atoms with Crippen molar-refractivity contribution in [1.29, 1.82) is 0 Å². The average molecular weight is 182 g/mol. The first kappa shape index (κ1) is 9.00. The molecule has 0 radical (unpaired) electrons. The second-order valence-corrected chi connectivity index (χ2v) is 4.74. The third-order valence-electron chi connectivity index (χ3n) is 3.12. The molecule has 0 aromatic carbocycles. The van der Waals surface area contributed by atoms with Crippen molar-refractivity contribution in [2.24, 2.45) is 5.41 Å². The number of carbonyl (C=O) groups is 1. The SMILES string of the molecule is CC1(CC(=O)NC2CCNC2)CC1. The van der Waals surface area contributed by atoms with Crippen LogP contribution in [0, 0.1) is 5.41 Å². The van der Waals surface area contributed by atoms with Gasteiger partial charge in [-0.1, -0.05) is 6.92 Å². The molecule has 2 rings (SSSR count). The number of amides is 1. The van der Waals surface area contributed by atoms with Gasteiger partial charge in [-0.2, -0.15) is 0 Å². The number of rotatable bonds is 3. The lowest BCUT2D eigenvalue weighted by molar-refractivity contribution is -0.122.